The zero-order chi connectivity index (χ0) is 25.4. The summed E-state index contributed by atoms with van der Waals surface area (Å²) in [7, 11) is 0. The molecule has 5 aromatic rings. The summed E-state index contributed by atoms with van der Waals surface area (Å²) in [6, 6.07) is 15.6. The van der Waals surface area contributed by atoms with Gasteiger partial charge in [-0.3, -0.25) is 14.3 Å². The third-order valence-corrected chi connectivity index (χ3v) is 7.21. The third kappa shape index (κ3) is 4.24. The van der Waals surface area contributed by atoms with Gasteiger partial charge in [-0.2, -0.15) is 5.26 Å². The van der Waals surface area contributed by atoms with Gasteiger partial charge in [0.1, 0.15) is 11.6 Å². The molecular weight excluding hydrogens is 464 g/mol. The highest BCUT2D eigenvalue weighted by atomic mass is 16.3. The Morgan fingerprint density at radius 3 is 2.46 bits per heavy atom. The fraction of sp³-hybridized carbons (Fsp3) is 0.241. The van der Waals surface area contributed by atoms with Crippen LogP contribution in [0, 0.1) is 11.3 Å². The molecule has 0 radical (unpaired) electrons. The molecule has 0 saturated heterocycles. The van der Waals surface area contributed by atoms with Crippen LogP contribution < -0.4 is 5.56 Å². The highest BCUT2D eigenvalue weighted by Gasteiger charge is 2.26. The number of aliphatic hydroxyl groups is 1. The molecule has 2 aromatic carbocycles. The van der Waals surface area contributed by atoms with Crippen LogP contribution in [0.4, 0.5) is 0 Å². The van der Waals surface area contributed by atoms with Gasteiger partial charge in [0.15, 0.2) is 0 Å². The van der Waals surface area contributed by atoms with Gasteiger partial charge in [-0.05, 0) is 48.1 Å². The summed E-state index contributed by atoms with van der Waals surface area (Å²) in [4.78, 5) is 30.9. The van der Waals surface area contributed by atoms with E-state index in [4.69, 9.17) is 5.26 Å². The maximum absolute atomic E-state index is 13.6. The van der Waals surface area contributed by atoms with Gasteiger partial charge in [-0.1, -0.05) is 43.2 Å². The molecule has 37 heavy (non-hydrogen) atoms. The SMILES string of the molecule is N#Cc1ncc(-c2ccc(Cc3cc4c(=O)n([C@H]5CCCC[C@@H]5O)cnc4c4ncccc34)cc2)cn1. The van der Waals surface area contributed by atoms with Crippen molar-refractivity contribution in [2.75, 3.05) is 0 Å². The average Bonchev–Trinajstić information content (AvgIpc) is 2.95. The van der Waals surface area contributed by atoms with Crippen LogP contribution in [-0.2, 0) is 6.42 Å². The van der Waals surface area contributed by atoms with Crippen LogP contribution in [0.2, 0.25) is 0 Å². The van der Waals surface area contributed by atoms with Crippen LogP contribution in [0.5, 0.6) is 0 Å². The molecule has 0 aliphatic heterocycles. The van der Waals surface area contributed by atoms with E-state index in [1.807, 2.05) is 48.5 Å². The molecule has 3 aromatic heterocycles. The largest absolute Gasteiger partial charge is 0.391 e. The lowest BCUT2D eigenvalue weighted by molar-refractivity contribution is 0.0735. The second kappa shape index (κ2) is 9.52. The molecule has 1 fully saturated rings. The first-order valence-electron chi connectivity index (χ1n) is 12.4. The van der Waals surface area contributed by atoms with Gasteiger partial charge in [0.25, 0.3) is 5.56 Å². The minimum absolute atomic E-state index is 0.138. The third-order valence-electron chi connectivity index (χ3n) is 7.21. The molecule has 1 saturated carbocycles. The second-order valence-corrected chi connectivity index (χ2v) is 9.49. The molecule has 0 bridgehead atoms. The van der Waals surface area contributed by atoms with Crippen molar-refractivity contribution in [2.24, 2.45) is 0 Å². The summed E-state index contributed by atoms with van der Waals surface area (Å²) >= 11 is 0. The number of benzene rings is 2. The maximum atomic E-state index is 13.6. The first kappa shape index (κ1) is 23.0. The molecule has 0 amide bonds. The lowest BCUT2D eigenvalue weighted by atomic mass is 9.92. The summed E-state index contributed by atoms with van der Waals surface area (Å²) < 4.78 is 1.61. The Kier molecular flexibility index (Phi) is 5.91. The van der Waals surface area contributed by atoms with Crippen molar-refractivity contribution in [3.05, 3.63) is 94.7 Å². The van der Waals surface area contributed by atoms with Crippen molar-refractivity contribution in [3.63, 3.8) is 0 Å². The van der Waals surface area contributed by atoms with Crippen molar-refractivity contribution in [1.29, 1.82) is 5.26 Å². The van der Waals surface area contributed by atoms with Gasteiger partial charge in [-0.25, -0.2) is 15.0 Å². The first-order valence-corrected chi connectivity index (χ1v) is 12.4. The molecule has 0 spiro atoms. The number of hydrogen-bond acceptors (Lipinski definition) is 7. The fourth-order valence-corrected chi connectivity index (χ4v) is 5.27. The molecule has 1 aliphatic carbocycles. The Bertz CT molecular complexity index is 1700. The first-order chi connectivity index (χ1) is 18.1. The normalized spacial score (nSPS) is 17.6. The quantitative estimate of drug-likeness (QED) is 0.374. The van der Waals surface area contributed by atoms with Crippen LogP contribution in [0.3, 0.4) is 0 Å². The van der Waals surface area contributed by atoms with Gasteiger partial charge < -0.3 is 5.11 Å². The lowest BCUT2D eigenvalue weighted by Crippen LogP contribution is -2.34. The number of nitrogens with zero attached hydrogens (tertiary/aromatic N) is 6. The average molecular weight is 489 g/mol. The molecule has 8 heteroatoms. The van der Waals surface area contributed by atoms with E-state index in [0.29, 0.717) is 29.3 Å². The molecule has 0 unspecified atom stereocenters. The van der Waals surface area contributed by atoms with E-state index < -0.39 is 6.10 Å². The van der Waals surface area contributed by atoms with Gasteiger partial charge in [0.05, 0.1) is 29.4 Å². The second-order valence-electron chi connectivity index (χ2n) is 9.49. The predicted molar refractivity (Wildman–Crippen MR) is 140 cm³/mol. The minimum Gasteiger partial charge on any atom is -0.391 e. The Hall–Kier alpha value is -4.48. The number of rotatable bonds is 4. The van der Waals surface area contributed by atoms with E-state index >= 15 is 0 Å². The van der Waals surface area contributed by atoms with Gasteiger partial charge in [-0.15, -0.1) is 0 Å². The van der Waals surface area contributed by atoms with Crippen LogP contribution in [0.15, 0.2) is 72.2 Å². The summed E-state index contributed by atoms with van der Waals surface area (Å²) in [6.07, 6.45) is 10.1. The molecule has 8 nitrogen and oxygen atoms in total. The Labute approximate surface area is 212 Å². The van der Waals surface area contributed by atoms with Gasteiger partial charge in [0, 0.05) is 29.5 Å². The van der Waals surface area contributed by atoms with Crippen molar-refractivity contribution >= 4 is 21.8 Å². The van der Waals surface area contributed by atoms with Crippen molar-refractivity contribution in [2.45, 2.75) is 44.2 Å². The van der Waals surface area contributed by atoms with Crippen LogP contribution in [0.1, 0.15) is 48.7 Å². The van der Waals surface area contributed by atoms with Crippen LogP contribution in [0.25, 0.3) is 32.9 Å². The van der Waals surface area contributed by atoms with Crippen molar-refractivity contribution < 1.29 is 5.11 Å². The van der Waals surface area contributed by atoms with Crippen LogP contribution >= 0.6 is 0 Å². The molecule has 182 valence electrons. The van der Waals surface area contributed by atoms with Crippen molar-refractivity contribution in [3.8, 4) is 17.2 Å². The number of nitriles is 1. The lowest BCUT2D eigenvalue weighted by Gasteiger charge is -2.29. The number of aliphatic hydroxyl groups excluding tert-OH is 1. The Balaban J connectivity index is 1.40. The van der Waals surface area contributed by atoms with Gasteiger partial charge in [0.2, 0.25) is 5.82 Å². The van der Waals surface area contributed by atoms with Crippen LogP contribution in [-0.4, -0.2) is 35.7 Å². The number of pyridine rings is 1. The number of hydrogen-bond donors (Lipinski definition) is 1. The monoisotopic (exact) mass is 488 g/mol. The molecule has 3 heterocycles. The smallest absolute Gasteiger partial charge is 0.261 e. The van der Waals surface area contributed by atoms with E-state index in [1.54, 1.807) is 29.5 Å². The van der Waals surface area contributed by atoms with E-state index in [0.717, 1.165) is 46.9 Å². The number of fused-ring (bicyclic) bond motifs is 3. The summed E-state index contributed by atoms with van der Waals surface area (Å²) in [5.74, 6) is 0.142. The van der Waals surface area contributed by atoms with Crippen molar-refractivity contribution in [1.82, 2.24) is 24.5 Å². The van der Waals surface area contributed by atoms with E-state index in [1.165, 1.54) is 0 Å². The number of aromatic nitrogens is 5. The topological polar surface area (TPSA) is 118 Å². The minimum atomic E-state index is -0.538. The molecule has 1 aliphatic rings. The summed E-state index contributed by atoms with van der Waals surface area (Å²) in [5.41, 5.74) is 5.01. The standard InChI is InChI=1S/C29H24N6O2/c30-14-26-32-15-21(16-33-26)19-9-7-18(8-10-19)12-20-13-23-28(27-22(20)4-3-11-31-27)34-17-35(29(23)37)24-5-1-2-6-25(24)36/h3-4,7-11,13,15-17,24-25,36H,1-2,5-6,12H2/t24-,25-/m0/s1. The molecule has 2 atom stereocenters. The predicted octanol–water partition coefficient (Wildman–Crippen LogP) is 4.34. The highest BCUT2D eigenvalue weighted by molar-refractivity contribution is 6.04. The molecule has 6 rings (SSSR count). The van der Waals surface area contributed by atoms with E-state index in [9.17, 15) is 9.90 Å². The Morgan fingerprint density at radius 1 is 0.946 bits per heavy atom. The zero-order valence-electron chi connectivity index (χ0n) is 20.1. The van der Waals surface area contributed by atoms with E-state index in [-0.39, 0.29) is 17.4 Å². The molecule has 1 N–H and O–H groups in total. The summed E-state index contributed by atoms with van der Waals surface area (Å²) in [5, 5.41) is 20.9. The Morgan fingerprint density at radius 2 is 1.70 bits per heavy atom. The zero-order valence-corrected chi connectivity index (χ0v) is 20.1. The molecular formula is C29H24N6O2. The maximum Gasteiger partial charge on any atom is 0.261 e. The van der Waals surface area contributed by atoms with E-state index in [2.05, 4.69) is 19.9 Å². The summed E-state index contributed by atoms with van der Waals surface area (Å²) in [6.45, 7) is 0. The highest BCUT2D eigenvalue weighted by Crippen LogP contribution is 2.30. The fourth-order valence-electron chi connectivity index (χ4n) is 5.27. The van der Waals surface area contributed by atoms with Gasteiger partial charge >= 0.3 is 0 Å².